The number of aromatic nitrogens is 3. The maximum atomic E-state index is 12.5. The van der Waals surface area contributed by atoms with E-state index in [2.05, 4.69) is 12.0 Å². The van der Waals surface area contributed by atoms with Crippen LogP contribution < -0.4 is 5.73 Å². The van der Waals surface area contributed by atoms with Crippen molar-refractivity contribution >= 4 is 22.5 Å². The molecule has 6 nitrogen and oxygen atoms in total. The number of carbonyl (C=O) groups excluding carboxylic acids is 1. The van der Waals surface area contributed by atoms with Gasteiger partial charge in [0.05, 0.1) is 5.52 Å². The van der Waals surface area contributed by atoms with Gasteiger partial charge in [-0.15, -0.1) is 0 Å². The van der Waals surface area contributed by atoms with Crippen LogP contribution in [0.2, 0.25) is 0 Å². The number of amides is 1. The Morgan fingerprint density at radius 2 is 1.96 bits per heavy atom. The van der Waals surface area contributed by atoms with Gasteiger partial charge in [0.25, 0.3) is 0 Å². The van der Waals surface area contributed by atoms with Crippen molar-refractivity contribution in [2.75, 3.05) is 13.1 Å². The minimum absolute atomic E-state index is 0.210. The number of fused-ring (bicyclic) bond motifs is 3. The van der Waals surface area contributed by atoms with E-state index in [0.717, 1.165) is 59.4 Å². The summed E-state index contributed by atoms with van der Waals surface area (Å²) in [6, 6.07) is 8.29. The van der Waals surface area contributed by atoms with Crippen LogP contribution in [0.4, 0.5) is 0 Å². The van der Waals surface area contributed by atoms with Crippen molar-refractivity contribution in [2.24, 2.45) is 5.73 Å². The van der Waals surface area contributed by atoms with Gasteiger partial charge in [-0.05, 0) is 50.8 Å². The van der Waals surface area contributed by atoms with Gasteiger partial charge in [-0.25, -0.2) is 9.50 Å². The van der Waals surface area contributed by atoms with Crippen molar-refractivity contribution in [2.45, 2.75) is 45.6 Å². The monoisotopic (exact) mass is 351 g/mol. The molecule has 3 heterocycles. The Morgan fingerprint density at radius 1 is 1.23 bits per heavy atom. The lowest BCUT2D eigenvalue weighted by atomic mass is 10.0. The molecule has 0 saturated carbocycles. The number of rotatable bonds is 3. The Kier molecular flexibility index (Phi) is 4.36. The molecule has 6 heteroatoms. The fourth-order valence-corrected chi connectivity index (χ4v) is 3.88. The quantitative estimate of drug-likeness (QED) is 0.786. The van der Waals surface area contributed by atoms with Gasteiger partial charge in [-0.1, -0.05) is 12.1 Å². The average Bonchev–Trinajstić information content (AvgIpc) is 3.01. The van der Waals surface area contributed by atoms with Gasteiger partial charge in [-0.2, -0.15) is 5.10 Å². The second kappa shape index (κ2) is 6.68. The summed E-state index contributed by atoms with van der Waals surface area (Å²) in [6.45, 7) is 5.64. The Bertz CT molecular complexity index is 969. The van der Waals surface area contributed by atoms with Crippen molar-refractivity contribution in [3.8, 4) is 0 Å². The molecule has 4 rings (SSSR count). The van der Waals surface area contributed by atoms with Crippen molar-refractivity contribution in [3.63, 3.8) is 0 Å². The average molecular weight is 351 g/mol. The SMILES string of the molecule is Cc1nc2c3ccccc3nn2c(C)c1CCC(=O)N1CCC(N)CC1. The highest BCUT2D eigenvalue weighted by molar-refractivity contribution is 5.92. The standard InChI is InChI=1S/C20H25N5O/c1-13-16(7-8-19(26)24-11-9-15(21)10-12-24)14(2)25-20(22-13)17-5-3-4-6-18(17)23-25/h3-6,15H,7-12,21H2,1-2H3. The van der Waals surface area contributed by atoms with Crippen LogP contribution in [0.1, 0.15) is 36.2 Å². The molecule has 0 bridgehead atoms. The third kappa shape index (κ3) is 2.94. The van der Waals surface area contributed by atoms with Crippen LogP contribution in [0.3, 0.4) is 0 Å². The molecule has 1 aliphatic rings. The molecule has 1 amide bonds. The molecule has 136 valence electrons. The van der Waals surface area contributed by atoms with E-state index < -0.39 is 0 Å². The first-order valence-electron chi connectivity index (χ1n) is 9.31. The predicted molar refractivity (Wildman–Crippen MR) is 102 cm³/mol. The lowest BCUT2D eigenvalue weighted by molar-refractivity contribution is -0.132. The summed E-state index contributed by atoms with van der Waals surface area (Å²) in [4.78, 5) is 19.3. The van der Waals surface area contributed by atoms with Crippen molar-refractivity contribution < 1.29 is 4.79 Å². The number of benzene rings is 1. The Balaban J connectivity index is 1.58. The first kappa shape index (κ1) is 17.0. The minimum atomic E-state index is 0.210. The predicted octanol–water partition coefficient (Wildman–Crippen LogP) is 2.38. The van der Waals surface area contributed by atoms with Gasteiger partial charge in [-0.3, -0.25) is 4.79 Å². The maximum absolute atomic E-state index is 12.5. The van der Waals surface area contributed by atoms with E-state index in [0.29, 0.717) is 12.8 Å². The molecule has 2 N–H and O–H groups in total. The van der Waals surface area contributed by atoms with E-state index in [1.54, 1.807) is 0 Å². The number of carbonyl (C=O) groups is 1. The summed E-state index contributed by atoms with van der Waals surface area (Å²) in [5, 5.41) is 5.75. The largest absolute Gasteiger partial charge is 0.343 e. The van der Waals surface area contributed by atoms with Crippen LogP contribution >= 0.6 is 0 Å². The van der Waals surface area contributed by atoms with Crippen LogP contribution in [0.15, 0.2) is 24.3 Å². The highest BCUT2D eigenvalue weighted by Gasteiger charge is 2.21. The van der Waals surface area contributed by atoms with Crippen molar-refractivity contribution in [3.05, 3.63) is 41.2 Å². The zero-order valence-corrected chi connectivity index (χ0v) is 15.4. The molecule has 1 aromatic carbocycles. The summed E-state index contributed by atoms with van der Waals surface area (Å²) >= 11 is 0. The number of hydrogen-bond donors (Lipinski definition) is 1. The van der Waals surface area contributed by atoms with Crippen LogP contribution in [0.25, 0.3) is 16.6 Å². The van der Waals surface area contributed by atoms with Crippen molar-refractivity contribution in [1.82, 2.24) is 19.5 Å². The topological polar surface area (TPSA) is 76.5 Å². The lowest BCUT2D eigenvalue weighted by Gasteiger charge is -2.30. The highest BCUT2D eigenvalue weighted by Crippen LogP contribution is 2.23. The molecule has 0 radical (unpaired) electrons. The number of piperidine rings is 1. The molecule has 2 aromatic heterocycles. The van der Waals surface area contributed by atoms with Gasteiger partial charge in [0, 0.05) is 42.3 Å². The number of likely N-dealkylation sites (tertiary alicyclic amines) is 1. The Morgan fingerprint density at radius 3 is 2.73 bits per heavy atom. The number of aryl methyl sites for hydroxylation is 2. The highest BCUT2D eigenvalue weighted by atomic mass is 16.2. The van der Waals surface area contributed by atoms with Gasteiger partial charge < -0.3 is 10.6 Å². The second-order valence-electron chi connectivity index (χ2n) is 7.23. The molecule has 0 unspecified atom stereocenters. The van der Waals surface area contributed by atoms with Gasteiger partial charge in [0.1, 0.15) is 0 Å². The molecule has 26 heavy (non-hydrogen) atoms. The third-order valence-electron chi connectivity index (χ3n) is 5.50. The second-order valence-corrected chi connectivity index (χ2v) is 7.23. The van der Waals surface area contributed by atoms with E-state index in [9.17, 15) is 4.79 Å². The number of nitrogens with zero attached hydrogens (tertiary/aromatic N) is 4. The first-order valence-corrected chi connectivity index (χ1v) is 9.31. The molecule has 0 atom stereocenters. The van der Waals surface area contributed by atoms with E-state index in [1.165, 1.54) is 0 Å². The molecule has 1 saturated heterocycles. The number of hydrogen-bond acceptors (Lipinski definition) is 4. The smallest absolute Gasteiger partial charge is 0.222 e. The minimum Gasteiger partial charge on any atom is -0.343 e. The third-order valence-corrected chi connectivity index (χ3v) is 5.50. The fourth-order valence-electron chi connectivity index (χ4n) is 3.88. The van der Waals surface area contributed by atoms with Crippen LogP contribution in [-0.4, -0.2) is 44.5 Å². The molecule has 0 aliphatic carbocycles. The molecule has 0 spiro atoms. The zero-order valence-electron chi connectivity index (χ0n) is 15.4. The summed E-state index contributed by atoms with van der Waals surface area (Å²) in [5.74, 6) is 0.210. The Labute approximate surface area is 153 Å². The summed E-state index contributed by atoms with van der Waals surface area (Å²) in [5.41, 5.74) is 10.9. The maximum Gasteiger partial charge on any atom is 0.222 e. The van der Waals surface area contributed by atoms with E-state index in [4.69, 9.17) is 10.7 Å². The zero-order chi connectivity index (χ0) is 18.3. The van der Waals surface area contributed by atoms with E-state index in [1.807, 2.05) is 40.6 Å². The van der Waals surface area contributed by atoms with Crippen LogP contribution in [0.5, 0.6) is 0 Å². The fraction of sp³-hybridized carbons (Fsp3) is 0.450. The summed E-state index contributed by atoms with van der Waals surface area (Å²) in [6.07, 6.45) is 3.00. The summed E-state index contributed by atoms with van der Waals surface area (Å²) in [7, 11) is 0. The van der Waals surface area contributed by atoms with Crippen LogP contribution in [0, 0.1) is 13.8 Å². The van der Waals surface area contributed by atoms with Crippen molar-refractivity contribution in [1.29, 1.82) is 0 Å². The van der Waals surface area contributed by atoms with Gasteiger partial charge >= 0.3 is 0 Å². The molecular weight excluding hydrogens is 326 g/mol. The van der Waals surface area contributed by atoms with E-state index >= 15 is 0 Å². The summed E-state index contributed by atoms with van der Waals surface area (Å²) < 4.78 is 1.91. The van der Waals surface area contributed by atoms with Gasteiger partial charge in [0.15, 0.2) is 5.65 Å². The van der Waals surface area contributed by atoms with Gasteiger partial charge in [0.2, 0.25) is 5.91 Å². The van der Waals surface area contributed by atoms with Crippen LogP contribution in [-0.2, 0) is 11.2 Å². The number of nitrogens with two attached hydrogens (primary N) is 1. The Hall–Kier alpha value is -2.47. The normalized spacial score (nSPS) is 15.9. The molecule has 3 aromatic rings. The lowest BCUT2D eigenvalue weighted by Crippen LogP contribution is -2.42. The van der Waals surface area contributed by atoms with E-state index in [-0.39, 0.29) is 11.9 Å². The first-order chi connectivity index (χ1) is 12.5. The molecule has 1 aliphatic heterocycles. The molecular formula is C20H25N5O. The molecule has 1 fully saturated rings.